The van der Waals surface area contributed by atoms with Gasteiger partial charge in [-0.05, 0) is 35.0 Å². The molecule has 0 aliphatic heterocycles. The first-order chi connectivity index (χ1) is 9.74. The number of rotatable bonds is 2. The Morgan fingerprint density at radius 2 is 1.60 bits per heavy atom. The number of phenolic OH excluding ortho intramolecular Hbond substituents is 1. The van der Waals surface area contributed by atoms with Crippen molar-refractivity contribution in [3.8, 4) is 11.5 Å². The number of carbonyl (C=O) groups is 1. The summed E-state index contributed by atoms with van der Waals surface area (Å²) in [6.45, 7) is 0. The molecule has 0 radical (unpaired) electrons. The summed E-state index contributed by atoms with van der Waals surface area (Å²) in [5, 5.41) is 11.3. The topological polar surface area (TPSA) is 46.5 Å². The molecule has 3 aromatic carbocycles. The second-order valence-corrected chi connectivity index (χ2v) is 4.42. The summed E-state index contributed by atoms with van der Waals surface area (Å²) in [5.74, 6) is 0.0388. The molecule has 0 aliphatic carbocycles. The highest BCUT2D eigenvalue weighted by atomic mass is 16.5. The SMILES string of the molecule is O=C(Oc1ccccc1)c1cc(O)cc2ccccc12. The first-order valence-electron chi connectivity index (χ1n) is 6.23. The standard InChI is InChI=1S/C17H12O3/c18-13-10-12-6-4-5-9-15(12)16(11-13)17(19)20-14-7-2-1-3-8-14/h1-11,18H. The van der Waals surface area contributed by atoms with Crippen LogP contribution in [0.15, 0.2) is 66.7 Å². The Kier molecular flexibility index (Phi) is 3.09. The van der Waals surface area contributed by atoms with E-state index in [1.807, 2.05) is 30.3 Å². The summed E-state index contributed by atoms with van der Waals surface area (Å²) < 4.78 is 5.31. The minimum absolute atomic E-state index is 0.0451. The monoisotopic (exact) mass is 264 g/mol. The van der Waals surface area contributed by atoms with Crippen LogP contribution in [0.1, 0.15) is 10.4 Å². The molecule has 0 bridgehead atoms. The first kappa shape index (κ1) is 12.2. The Bertz CT molecular complexity index is 764. The lowest BCUT2D eigenvalue weighted by atomic mass is 10.0. The fourth-order valence-electron chi connectivity index (χ4n) is 2.11. The summed E-state index contributed by atoms with van der Waals surface area (Å²) in [4.78, 5) is 12.2. The Morgan fingerprint density at radius 3 is 2.40 bits per heavy atom. The maximum atomic E-state index is 12.2. The van der Waals surface area contributed by atoms with Gasteiger partial charge in [-0.1, -0.05) is 42.5 Å². The van der Waals surface area contributed by atoms with Crippen LogP contribution >= 0.6 is 0 Å². The molecule has 1 N–H and O–H groups in total. The molecule has 20 heavy (non-hydrogen) atoms. The van der Waals surface area contributed by atoms with Gasteiger partial charge in [0.2, 0.25) is 0 Å². The number of fused-ring (bicyclic) bond motifs is 1. The molecule has 0 saturated carbocycles. The predicted octanol–water partition coefficient (Wildman–Crippen LogP) is 3.76. The van der Waals surface area contributed by atoms with E-state index in [1.54, 1.807) is 30.3 Å². The van der Waals surface area contributed by atoms with Crippen LogP contribution < -0.4 is 4.74 Å². The van der Waals surface area contributed by atoms with Gasteiger partial charge < -0.3 is 9.84 Å². The normalized spacial score (nSPS) is 10.4. The largest absolute Gasteiger partial charge is 0.508 e. The Labute approximate surface area is 116 Å². The second-order valence-electron chi connectivity index (χ2n) is 4.42. The van der Waals surface area contributed by atoms with Gasteiger partial charge in [0.25, 0.3) is 0 Å². The number of hydrogen-bond donors (Lipinski definition) is 1. The number of esters is 1. The van der Waals surface area contributed by atoms with Crippen molar-refractivity contribution in [2.45, 2.75) is 0 Å². The fraction of sp³-hybridized carbons (Fsp3) is 0. The maximum absolute atomic E-state index is 12.2. The molecule has 3 nitrogen and oxygen atoms in total. The van der Waals surface area contributed by atoms with Crippen LogP contribution in [-0.4, -0.2) is 11.1 Å². The molecule has 3 aromatic rings. The van der Waals surface area contributed by atoms with Crippen LogP contribution in [0, 0.1) is 0 Å². The summed E-state index contributed by atoms with van der Waals surface area (Å²) in [7, 11) is 0. The average Bonchev–Trinajstić information content (AvgIpc) is 2.47. The Hall–Kier alpha value is -2.81. The van der Waals surface area contributed by atoms with Gasteiger partial charge >= 0.3 is 5.97 Å². The van der Waals surface area contributed by atoms with Crippen LogP contribution in [0.3, 0.4) is 0 Å². The molecular weight excluding hydrogens is 252 g/mol. The summed E-state index contributed by atoms with van der Waals surface area (Å²) >= 11 is 0. The zero-order chi connectivity index (χ0) is 13.9. The van der Waals surface area contributed by atoms with E-state index in [9.17, 15) is 9.90 Å². The molecule has 0 amide bonds. The molecule has 3 rings (SSSR count). The van der Waals surface area contributed by atoms with Gasteiger partial charge in [-0.3, -0.25) is 0 Å². The van der Waals surface area contributed by atoms with Gasteiger partial charge in [0.05, 0.1) is 5.56 Å². The Morgan fingerprint density at radius 1 is 0.900 bits per heavy atom. The highest BCUT2D eigenvalue weighted by Crippen LogP contribution is 2.25. The van der Waals surface area contributed by atoms with E-state index >= 15 is 0 Å². The smallest absolute Gasteiger partial charge is 0.344 e. The lowest BCUT2D eigenvalue weighted by Crippen LogP contribution is -2.09. The van der Waals surface area contributed by atoms with Gasteiger partial charge in [-0.25, -0.2) is 4.79 Å². The lowest BCUT2D eigenvalue weighted by Gasteiger charge is -2.08. The molecule has 0 atom stereocenters. The molecule has 0 saturated heterocycles. The fourth-order valence-corrected chi connectivity index (χ4v) is 2.11. The van der Waals surface area contributed by atoms with Gasteiger partial charge in [0, 0.05) is 0 Å². The highest BCUT2D eigenvalue weighted by molar-refractivity contribution is 6.05. The van der Waals surface area contributed by atoms with Crippen LogP contribution in [0.2, 0.25) is 0 Å². The van der Waals surface area contributed by atoms with Crippen molar-refractivity contribution in [1.29, 1.82) is 0 Å². The van der Waals surface area contributed by atoms with Gasteiger partial charge in [0.15, 0.2) is 0 Å². The lowest BCUT2D eigenvalue weighted by molar-refractivity contribution is 0.0736. The van der Waals surface area contributed by atoms with E-state index in [4.69, 9.17) is 4.74 Å². The average molecular weight is 264 g/mol. The molecule has 0 heterocycles. The summed E-state index contributed by atoms with van der Waals surface area (Å²) in [6.07, 6.45) is 0. The number of para-hydroxylation sites is 1. The van der Waals surface area contributed by atoms with Crippen molar-refractivity contribution in [2.24, 2.45) is 0 Å². The third kappa shape index (κ3) is 2.34. The van der Waals surface area contributed by atoms with Crippen LogP contribution in [-0.2, 0) is 0 Å². The highest BCUT2D eigenvalue weighted by Gasteiger charge is 2.13. The van der Waals surface area contributed by atoms with Gasteiger partial charge in [-0.15, -0.1) is 0 Å². The number of phenols is 1. The van der Waals surface area contributed by atoms with Crippen molar-refractivity contribution in [2.75, 3.05) is 0 Å². The molecule has 3 heteroatoms. The number of ether oxygens (including phenoxy) is 1. The molecule has 0 aromatic heterocycles. The zero-order valence-corrected chi connectivity index (χ0v) is 10.6. The number of benzene rings is 3. The van der Waals surface area contributed by atoms with Crippen molar-refractivity contribution in [3.05, 3.63) is 72.3 Å². The third-order valence-corrected chi connectivity index (χ3v) is 3.02. The Balaban J connectivity index is 2.03. The zero-order valence-electron chi connectivity index (χ0n) is 10.6. The minimum atomic E-state index is -0.483. The molecule has 0 fully saturated rings. The van der Waals surface area contributed by atoms with Gasteiger partial charge in [-0.2, -0.15) is 0 Å². The molecular formula is C17H12O3. The van der Waals surface area contributed by atoms with Gasteiger partial charge in [0.1, 0.15) is 11.5 Å². The molecule has 0 unspecified atom stereocenters. The van der Waals surface area contributed by atoms with E-state index in [-0.39, 0.29) is 5.75 Å². The van der Waals surface area contributed by atoms with Crippen molar-refractivity contribution in [1.82, 2.24) is 0 Å². The quantitative estimate of drug-likeness (QED) is 0.566. The summed E-state index contributed by atoms with van der Waals surface area (Å²) in [6, 6.07) is 19.3. The van der Waals surface area contributed by atoms with Crippen LogP contribution in [0.25, 0.3) is 10.8 Å². The predicted molar refractivity (Wildman–Crippen MR) is 77.0 cm³/mol. The van der Waals surface area contributed by atoms with Crippen LogP contribution in [0.5, 0.6) is 11.5 Å². The number of carbonyl (C=O) groups excluding carboxylic acids is 1. The number of hydrogen-bond acceptors (Lipinski definition) is 3. The van der Waals surface area contributed by atoms with Crippen molar-refractivity contribution < 1.29 is 14.6 Å². The second kappa shape index (κ2) is 5.05. The first-order valence-corrected chi connectivity index (χ1v) is 6.23. The molecule has 0 aliphatic rings. The van der Waals surface area contributed by atoms with E-state index in [1.165, 1.54) is 6.07 Å². The van der Waals surface area contributed by atoms with Crippen molar-refractivity contribution >= 4 is 16.7 Å². The third-order valence-electron chi connectivity index (χ3n) is 3.02. The summed E-state index contributed by atoms with van der Waals surface area (Å²) in [5.41, 5.74) is 0.351. The molecule has 0 spiro atoms. The van der Waals surface area contributed by atoms with Crippen LogP contribution in [0.4, 0.5) is 0 Å². The maximum Gasteiger partial charge on any atom is 0.344 e. The minimum Gasteiger partial charge on any atom is -0.508 e. The van der Waals surface area contributed by atoms with E-state index in [0.29, 0.717) is 11.3 Å². The molecule has 98 valence electrons. The van der Waals surface area contributed by atoms with Crippen molar-refractivity contribution in [3.63, 3.8) is 0 Å². The van der Waals surface area contributed by atoms with E-state index in [2.05, 4.69) is 0 Å². The van der Waals surface area contributed by atoms with E-state index in [0.717, 1.165) is 10.8 Å². The number of aromatic hydroxyl groups is 1. The van der Waals surface area contributed by atoms with E-state index < -0.39 is 5.97 Å².